The van der Waals surface area contributed by atoms with Gasteiger partial charge in [0.25, 0.3) is 0 Å². The molecule has 1 heterocycles. The Morgan fingerprint density at radius 3 is 2.30 bits per heavy atom. The molecule has 1 N–H and O–H groups in total. The third-order valence-electron chi connectivity index (χ3n) is 5.10. The second-order valence-electron chi connectivity index (χ2n) is 6.81. The number of hydrogen-bond donors (Lipinski definition) is 1. The molecule has 27 heavy (non-hydrogen) atoms. The van der Waals surface area contributed by atoms with Crippen LogP contribution in [0.5, 0.6) is 5.75 Å². The van der Waals surface area contributed by atoms with E-state index in [0.717, 1.165) is 44.6 Å². The lowest BCUT2D eigenvalue weighted by Crippen LogP contribution is -2.46. The average Bonchev–Trinajstić information content (AvgIpc) is 3.10. The number of rotatable bonds is 6. The highest BCUT2D eigenvalue weighted by Gasteiger charge is 2.44. The summed E-state index contributed by atoms with van der Waals surface area (Å²) >= 11 is 0. The van der Waals surface area contributed by atoms with Gasteiger partial charge in [0.1, 0.15) is 5.75 Å². The first kappa shape index (κ1) is 24.3. The van der Waals surface area contributed by atoms with Crippen molar-refractivity contribution in [2.45, 2.75) is 44.3 Å². The van der Waals surface area contributed by atoms with Crippen LogP contribution in [0, 0.1) is 5.92 Å². The largest absolute Gasteiger partial charge is 0.461 e. The Labute approximate surface area is 169 Å². The molecule has 3 rings (SSSR count). The van der Waals surface area contributed by atoms with Crippen molar-refractivity contribution in [2.24, 2.45) is 5.92 Å². The van der Waals surface area contributed by atoms with Crippen molar-refractivity contribution in [2.75, 3.05) is 26.2 Å². The summed E-state index contributed by atoms with van der Waals surface area (Å²) in [6.45, 7) is 3.56. The monoisotopic (exact) mass is 432 g/mol. The van der Waals surface area contributed by atoms with Crippen LogP contribution >= 0.6 is 24.8 Å². The Bertz CT molecular complexity index is 568. The molecule has 156 valence electrons. The highest BCUT2D eigenvalue weighted by atomic mass is 35.5. The van der Waals surface area contributed by atoms with Gasteiger partial charge in [-0.3, -0.25) is 4.90 Å². The molecule has 1 saturated heterocycles. The van der Waals surface area contributed by atoms with Gasteiger partial charge in [0.2, 0.25) is 0 Å². The van der Waals surface area contributed by atoms with Crippen LogP contribution in [0.2, 0.25) is 0 Å². The summed E-state index contributed by atoms with van der Waals surface area (Å²) in [6.07, 6.45) is -3.77. The maximum absolute atomic E-state index is 13.2. The number of nitrogens with zero attached hydrogens (tertiary/aromatic N) is 1. The molecule has 0 amide bonds. The van der Waals surface area contributed by atoms with E-state index in [1.807, 2.05) is 6.07 Å². The Morgan fingerprint density at radius 1 is 1.07 bits per heavy atom. The van der Waals surface area contributed by atoms with Gasteiger partial charge in [0.05, 0.1) is 0 Å². The van der Waals surface area contributed by atoms with Crippen molar-refractivity contribution < 1.29 is 22.3 Å². The Hall–Kier alpha value is -0.760. The van der Waals surface area contributed by atoms with Crippen molar-refractivity contribution in [1.29, 1.82) is 0 Å². The van der Waals surface area contributed by atoms with Crippen LogP contribution in [-0.4, -0.2) is 43.6 Å². The van der Waals surface area contributed by atoms with Crippen LogP contribution in [0.25, 0.3) is 0 Å². The molecule has 0 bridgehead atoms. The molecule has 0 aromatic heterocycles. The number of hydrogen-bond acceptors (Lipinski definition) is 3. The first-order valence-corrected chi connectivity index (χ1v) is 8.87. The van der Waals surface area contributed by atoms with Crippen LogP contribution in [0.4, 0.5) is 17.6 Å². The zero-order valence-corrected chi connectivity index (χ0v) is 16.5. The van der Waals surface area contributed by atoms with Gasteiger partial charge < -0.3 is 10.1 Å². The van der Waals surface area contributed by atoms with Gasteiger partial charge in [-0.15, -0.1) is 24.8 Å². The average molecular weight is 433 g/mol. The zero-order valence-electron chi connectivity index (χ0n) is 14.9. The summed E-state index contributed by atoms with van der Waals surface area (Å²) in [5.74, 6) is 0.255. The molecule has 0 radical (unpaired) electrons. The summed E-state index contributed by atoms with van der Waals surface area (Å²) in [5, 5.41) is 3.32. The van der Waals surface area contributed by atoms with E-state index >= 15 is 0 Å². The molecule has 2 aliphatic rings. The highest BCUT2D eigenvalue weighted by Crippen LogP contribution is 2.41. The third-order valence-corrected chi connectivity index (χ3v) is 5.10. The summed E-state index contributed by atoms with van der Waals surface area (Å²) in [7, 11) is 0. The fraction of sp³-hybridized carbons (Fsp3) is 0.667. The van der Waals surface area contributed by atoms with Gasteiger partial charge in [-0.2, -0.15) is 17.6 Å². The minimum atomic E-state index is -4.48. The van der Waals surface area contributed by atoms with E-state index in [4.69, 9.17) is 0 Å². The molecule has 1 aliphatic heterocycles. The van der Waals surface area contributed by atoms with Crippen molar-refractivity contribution in [3.63, 3.8) is 0 Å². The van der Waals surface area contributed by atoms with Crippen molar-refractivity contribution in [1.82, 2.24) is 10.2 Å². The van der Waals surface area contributed by atoms with Crippen LogP contribution in [0.3, 0.4) is 0 Å². The molecule has 9 heteroatoms. The van der Waals surface area contributed by atoms with Crippen LogP contribution in [0.1, 0.15) is 37.3 Å². The minimum absolute atomic E-state index is 0. The summed E-state index contributed by atoms with van der Waals surface area (Å²) < 4.78 is 55.6. The number of benzene rings is 1. The summed E-state index contributed by atoms with van der Waals surface area (Å²) in [4.78, 5) is 2.37. The predicted molar refractivity (Wildman–Crippen MR) is 102 cm³/mol. The zero-order chi connectivity index (χ0) is 17.9. The Morgan fingerprint density at radius 2 is 1.70 bits per heavy atom. The number of ether oxygens (including phenoxy) is 1. The maximum atomic E-state index is 13.2. The van der Waals surface area contributed by atoms with E-state index in [1.54, 1.807) is 6.07 Å². The fourth-order valence-electron chi connectivity index (χ4n) is 3.98. The standard InChI is InChI=1S/C18H24F4N2O.2ClH/c19-17(20)18(21,22)25-15-7-3-6-14(12-15)16(13-4-1-2-5-13)24-10-8-23-9-11-24;;/h3,6-7,12-13,16-17,23H,1-2,4-5,8-11H2;2*1H/t16-;;/m1../s1. The van der Waals surface area contributed by atoms with E-state index in [-0.39, 0.29) is 36.6 Å². The molecule has 2 fully saturated rings. The normalized spacial score (nSPS) is 20.0. The fourth-order valence-corrected chi connectivity index (χ4v) is 3.98. The first-order valence-electron chi connectivity index (χ1n) is 8.87. The molecule has 1 atom stereocenters. The van der Waals surface area contributed by atoms with E-state index in [2.05, 4.69) is 15.0 Å². The van der Waals surface area contributed by atoms with Gasteiger partial charge in [0, 0.05) is 32.2 Å². The molecule has 3 nitrogen and oxygen atoms in total. The lowest BCUT2D eigenvalue weighted by Gasteiger charge is -2.38. The second-order valence-corrected chi connectivity index (χ2v) is 6.81. The van der Waals surface area contributed by atoms with Crippen LogP contribution in [-0.2, 0) is 0 Å². The van der Waals surface area contributed by atoms with Gasteiger partial charge in [-0.05, 0) is 36.5 Å². The summed E-state index contributed by atoms with van der Waals surface area (Å²) in [5.41, 5.74) is 0.872. The number of piperazine rings is 1. The van der Waals surface area contributed by atoms with Crippen LogP contribution < -0.4 is 10.1 Å². The lowest BCUT2D eigenvalue weighted by molar-refractivity contribution is -0.253. The predicted octanol–water partition coefficient (Wildman–Crippen LogP) is 4.90. The molecular formula is C18H26Cl2F4N2O. The van der Waals surface area contributed by atoms with Crippen molar-refractivity contribution >= 4 is 24.8 Å². The SMILES string of the molecule is Cl.Cl.FC(F)C(F)(F)Oc1cccc([C@@H](C2CCCC2)N2CCNCC2)c1. The highest BCUT2D eigenvalue weighted by molar-refractivity contribution is 5.85. The third kappa shape index (κ3) is 6.11. The molecule has 1 aliphatic carbocycles. The second kappa shape index (κ2) is 10.7. The van der Waals surface area contributed by atoms with Gasteiger partial charge in [0.15, 0.2) is 0 Å². The minimum Gasteiger partial charge on any atom is -0.428 e. The summed E-state index contributed by atoms with van der Waals surface area (Å²) in [6, 6.07) is 6.42. The first-order chi connectivity index (χ1) is 12.0. The molecule has 0 spiro atoms. The van der Waals surface area contributed by atoms with Crippen molar-refractivity contribution in [3.05, 3.63) is 29.8 Å². The molecule has 1 aromatic carbocycles. The van der Waals surface area contributed by atoms with E-state index in [0.29, 0.717) is 5.92 Å². The number of nitrogens with one attached hydrogen (secondary N) is 1. The van der Waals surface area contributed by atoms with E-state index in [1.165, 1.54) is 25.0 Å². The van der Waals surface area contributed by atoms with Gasteiger partial charge in [-0.1, -0.05) is 25.0 Å². The molecular weight excluding hydrogens is 407 g/mol. The molecule has 1 saturated carbocycles. The van der Waals surface area contributed by atoms with E-state index < -0.39 is 12.5 Å². The number of halogens is 6. The van der Waals surface area contributed by atoms with E-state index in [9.17, 15) is 17.6 Å². The lowest BCUT2D eigenvalue weighted by atomic mass is 9.89. The van der Waals surface area contributed by atoms with Crippen LogP contribution in [0.15, 0.2) is 24.3 Å². The maximum Gasteiger partial charge on any atom is 0.461 e. The van der Waals surface area contributed by atoms with Gasteiger partial charge >= 0.3 is 12.5 Å². The topological polar surface area (TPSA) is 24.5 Å². The smallest absolute Gasteiger partial charge is 0.428 e. The molecule has 0 unspecified atom stereocenters. The van der Waals surface area contributed by atoms with Crippen molar-refractivity contribution in [3.8, 4) is 5.75 Å². The number of alkyl halides is 4. The quantitative estimate of drug-likeness (QED) is 0.646. The molecule has 1 aromatic rings. The Balaban J connectivity index is 0.00000182. The Kier molecular flexibility index (Phi) is 9.62. The van der Waals surface area contributed by atoms with Gasteiger partial charge in [-0.25, -0.2) is 0 Å².